The van der Waals surface area contributed by atoms with Gasteiger partial charge in [-0.05, 0) is 43.5 Å². The molecule has 0 aliphatic carbocycles. The molecule has 2 heterocycles. The number of fused-ring (bicyclic) bond motifs is 1. The Bertz CT molecular complexity index is 1030. The van der Waals surface area contributed by atoms with Crippen molar-refractivity contribution < 1.29 is 17.9 Å². The topological polar surface area (TPSA) is 69.9 Å². The van der Waals surface area contributed by atoms with Crippen molar-refractivity contribution in [3.63, 3.8) is 0 Å². The van der Waals surface area contributed by atoms with Crippen LogP contribution >= 0.6 is 22.7 Å². The quantitative estimate of drug-likeness (QED) is 0.531. The SMILES string of the molecule is CCOCCn1/c(=N/S(=O)(=O)c2cccs2)sc2cc(OCC)ccc21. The average Bonchev–Trinajstić information content (AvgIpc) is 3.24. The highest BCUT2D eigenvalue weighted by Crippen LogP contribution is 2.24. The molecule has 0 bridgehead atoms. The molecule has 140 valence electrons. The number of thiazole rings is 1. The smallest absolute Gasteiger partial charge is 0.294 e. The summed E-state index contributed by atoms with van der Waals surface area (Å²) in [5.74, 6) is 0.755. The van der Waals surface area contributed by atoms with Crippen LogP contribution < -0.4 is 9.54 Å². The van der Waals surface area contributed by atoms with Crippen molar-refractivity contribution in [3.05, 3.63) is 40.5 Å². The number of hydrogen-bond acceptors (Lipinski definition) is 6. The lowest BCUT2D eigenvalue weighted by Gasteiger charge is -2.06. The number of thiophene rings is 1. The molecule has 3 aromatic rings. The monoisotopic (exact) mass is 412 g/mol. The third-order valence-electron chi connectivity index (χ3n) is 3.58. The Kier molecular flexibility index (Phi) is 6.13. The maximum Gasteiger partial charge on any atom is 0.294 e. The van der Waals surface area contributed by atoms with Gasteiger partial charge in [0.2, 0.25) is 4.80 Å². The molecule has 0 unspecified atom stereocenters. The summed E-state index contributed by atoms with van der Waals surface area (Å²) in [6.07, 6.45) is 0. The molecule has 0 aliphatic heterocycles. The molecule has 0 spiro atoms. The Morgan fingerprint density at radius 3 is 2.73 bits per heavy atom. The molecule has 0 atom stereocenters. The maximum absolute atomic E-state index is 12.6. The third-order valence-corrected chi connectivity index (χ3v) is 7.37. The van der Waals surface area contributed by atoms with E-state index < -0.39 is 10.0 Å². The van der Waals surface area contributed by atoms with Crippen LogP contribution in [0.25, 0.3) is 10.2 Å². The van der Waals surface area contributed by atoms with Crippen LogP contribution in [0.15, 0.2) is 44.3 Å². The second-order valence-corrected chi connectivity index (χ2v) is 9.08. The van der Waals surface area contributed by atoms with Crippen LogP contribution in [-0.4, -0.2) is 32.8 Å². The van der Waals surface area contributed by atoms with E-state index in [9.17, 15) is 8.42 Å². The zero-order chi connectivity index (χ0) is 18.6. The Labute approximate surface area is 160 Å². The van der Waals surface area contributed by atoms with Crippen molar-refractivity contribution >= 4 is 42.9 Å². The minimum Gasteiger partial charge on any atom is -0.494 e. The normalized spacial score (nSPS) is 12.8. The molecule has 9 heteroatoms. The first kappa shape index (κ1) is 19.1. The highest BCUT2D eigenvalue weighted by atomic mass is 32.2. The van der Waals surface area contributed by atoms with Gasteiger partial charge < -0.3 is 14.0 Å². The van der Waals surface area contributed by atoms with Gasteiger partial charge in [0, 0.05) is 13.2 Å². The van der Waals surface area contributed by atoms with Crippen LogP contribution in [-0.2, 0) is 21.3 Å². The van der Waals surface area contributed by atoms with Gasteiger partial charge in [0.15, 0.2) is 0 Å². The molecule has 1 aromatic carbocycles. The summed E-state index contributed by atoms with van der Waals surface area (Å²) in [6, 6.07) is 8.99. The van der Waals surface area contributed by atoms with Crippen molar-refractivity contribution in [2.75, 3.05) is 19.8 Å². The first-order chi connectivity index (χ1) is 12.5. The van der Waals surface area contributed by atoms with E-state index >= 15 is 0 Å². The number of nitrogens with zero attached hydrogens (tertiary/aromatic N) is 2. The van der Waals surface area contributed by atoms with Crippen molar-refractivity contribution in [3.8, 4) is 5.75 Å². The van der Waals surface area contributed by atoms with Gasteiger partial charge in [0.1, 0.15) is 9.96 Å². The van der Waals surface area contributed by atoms with E-state index in [1.165, 1.54) is 11.3 Å². The Balaban J connectivity index is 2.12. The number of rotatable bonds is 8. The Morgan fingerprint density at radius 1 is 1.19 bits per heavy atom. The number of hydrogen-bond donors (Lipinski definition) is 0. The van der Waals surface area contributed by atoms with Gasteiger partial charge in [-0.1, -0.05) is 17.4 Å². The van der Waals surface area contributed by atoms with Gasteiger partial charge in [0.05, 0.1) is 23.4 Å². The molecule has 0 saturated heterocycles. The van der Waals surface area contributed by atoms with Crippen LogP contribution in [0.5, 0.6) is 5.75 Å². The van der Waals surface area contributed by atoms with Crippen LogP contribution in [0.4, 0.5) is 0 Å². The molecule has 6 nitrogen and oxygen atoms in total. The van der Waals surface area contributed by atoms with E-state index in [1.807, 2.05) is 36.6 Å². The molecule has 26 heavy (non-hydrogen) atoms. The molecule has 0 aliphatic rings. The van der Waals surface area contributed by atoms with Crippen LogP contribution in [0.1, 0.15) is 13.8 Å². The zero-order valence-electron chi connectivity index (χ0n) is 14.5. The second-order valence-electron chi connectivity index (χ2n) is 5.29. The summed E-state index contributed by atoms with van der Waals surface area (Å²) >= 11 is 2.49. The number of sulfonamides is 1. The third kappa shape index (κ3) is 4.17. The molecule has 0 fully saturated rings. The molecule has 3 rings (SSSR count). The summed E-state index contributed by atoms with van der Waals surface area (Å²) in [4.78, 5) is 0.432. The van der Waals surface area contributed by atoms with Crippen molar-refractivity contribution in [2.24, 2.45) is 4.40 Å². The maximum atomic E-state index is 12.6. The van der Waals surface area contributed by atoms with Crippen molar-refractivity contribution in [1.29, 1.82) is 0 Å². The van der Waals surface area contributed by atoms with Crippen molar-refractivity contribution in [2.45, 2.75) is 24.6 Å². The molecular formula is C17H20N2O4S3. The minimum absolute atomic E-state index is 0.237. The van der Waals surface area contributed by atoms with Crippen LogP contribution in [0.2, 0.25) is 0 Å². The lowest BCUT2D eigenvalue weighted by atomic mass is 10.3. The van der Waals surface area contributed by atoms with E-state index in [0.29, 0.717) is 31.2 Å². The summed E-state index contributed by atoms with van der Waals surface area (Å²) in [7, 11) is -3.73. The minimum atomic E-state index is -3.73. The van der Waals surface area contributed by atoms with E-state index in [-0.39, 0.29) is 4.21 Å². The first-order valence-electron chi connectivity index (χ1n) is 8.23. The fourth-order valence-corrected chi connectivity index (χ4v) is 5.71. The molecular weight excluding hydrogens is 392 g/mol. The van der Waals surface area contributed by atoms with E-state index in [0.717, 1.165) is 27.3 Å². The van der Waals surface area contributed by atoms with E-state index in [2.05, 4.69) is 4.40 Å². The fraction of sp³-hybridized carbons (Fsp3) is 0.353. The summed E-state index contributed by atoms with van der Waals surface area (Å²) < 4.78 is 43.3. The first-order valence-corrected chi connectivity index (χ1v) is 11.4. The molecule has 0 N–H and O–H groups in total. The number of benzene rings is 1. The van der Waals surface area contributed by atoms with Crippen LogP contribution in [0, 0.1) is 0 Å². The molecule has 2 aromatic heterocycles. The summed E-state index contributed by atoms with van der Waals surface area (Å²) in [6.45, 7) is 6.05. The molecule has 0 saturated carbocycles. The molecule has 0 radical (unpaired) electrons. The van der Waals surface area contributed by atoms with E-state index in [1.54, 1.807) is 17.5 Å². The Hall–Kier alpha value is -1.68. The average molecular weight is 413 g/mol. The Morgan fingerprint density at radius 2 is 2.04 bits per heavy atom. The van der Waals surface area contributed by atoms with Gasteiger partial charge in [-0.15, -0.1) is 15.7 Å². The fourth-order valence-electron chi connectivity index (χ4n) is 2.45. The predicted molar refractivity (Wildman–Crippen MR) is 105 cm³/mol. The van der Waals surface area contributed by atoms with Gasteiger partial charge in [0.25, 0.3) is 10.0 Å². The summed E-state index contributed by atoms with van der Waals surface area (Å²) in [5, 5.41) is 1.73. The zero-order valence-corrected chi connectivity index (χ0v) is 17.0. The highest BCUT2D eigenvalue weighted by Gasteiger charge is 2.16. The number of aromatic nitrogens is 1. The van der Waals surface area contributed by atoms with E-state index in [4.69, 9.17) is 9.47 Å². The summed E-state index contributed by atoms with van der Waals surface area (Å²) in [5.41, 5.74) is 0.915. The highest BCUT2D eigenvalue weighted by molar-refractivity contribution is 7.92. The van der Waals surface area contributed by atoms with Gasteiger partial charge in [-0.25, -0.2) is 0 Å². The lowest BCUT2D eigenvalue weighted by molar-refractivity contribution is 0.139. The van der Waals surface area contributed by atoms with Gasteiger partial charge in [-0.3, -0.25) is 0 Å². The van der Waals surface area contributed by atoms with Gasteiger partial charge in [-0.2, -0.15) is 8.42 Å². The molecule has 0 amide bonds. The lowest BCUT2D eigenvalue weighted by Crippen LogP contribution is -2.19. The second kappa shape index (κ2) is 8.34. The van der Waals surface area contributed by atoms with Crippen LogP contribution in [0.3, 0.4) is 0 Å². The predicted octanol–water partition coefficient (Wildman–Crippen LogP) is 3.49. The largest absolute Gasteiger partial charge is 0.494 e. The van der Waals surface area contributed by atoms with Gasteiger partial charge >= 0.3 is 0 Å². The van der Waals surface area contributed by atoms with Crippen molar-refractivity contribution in [1.82, 2.24) is 4.57 Å². The standard InChI is InChI=1S/C17H20N2O4S3/c1-3-22-10-9-19-14-8-7-13(23-4-2)12-15(14)25-17(19)18-26(20,21)16-6-5-11-24-16/h5-8,11-12H,3-4,9-10H2,1-2H3/b18-17-. The number of ether oxygens (including phenoxy) is 2.